The van der Waals surface area contributed by atoms with Crippen molar-refractivity contribution in [2.24, 2.45) is 5.92 Å². The van der Waals surface area contributed by atoms with Gasteiger partial charge in [0.25, 0.3) is 0 Å². The molecule has 2 rings (SSSR count). The second-order valence-electron chi connectivity index (χ2n) is 6.08. The van der Waals surface area contributed by atoms with Gasteiger partial charge in [0.05, 0.1) is 18.6 Å². The number of likely N-dealkylation sites (tertiary alicyclic amines) is 1. The van der Waals surface area contributed by atoms with Crippen LogP contribution >= 0.6 is 0 Å². The van der Waals surface area contributed by atoms with Crippen LogP contribution in [0, 0.1) is 5.92 Å². The number of alkyl halides is 3. The summed E-state index contributed by atoms with van der Waals surface area (Å²) in [5.41, 5.74) is -0.468. The molecule has 1 aliphatic rings. The third kappa shape index (κ3) is 5.74. The van der Waals surface area contributed by atoms with Gasteiger partial charge in [0.1, 0.15) is 0 Å². The zero-order valence-corrected chi connectivity index (χ0v) is 13.9. The zero-order valence-electron chi connectivity index (χ0n) is 13.9. The maximum absolute atomic E-state index is 12.7. The molecule has 5 nitrogen and oxygen atoms in total. The van der Waals surface area contributed by atoms with Gasteiger partial charge in [-0.25, -0.2) is 0 Å². The molecule has 1 N–H and O–H groups in total. The van der Waals surface area contributed by atoms with Crippen LogP contribution in [0.15, 0.2) is 24.3 Å². The Bertz CT molecular complexity index is 619. The Morgan fingerprint density at radius 2 is 2.16 bits per heavy atom. The third-order valence-corrected chi connectivity index (χ3v) is 4.07. The molecule has 1 aliphatic heterocycles. The lowest BCUT2D eigenvalue weighted by Gasteiger charge is -2.16. The summed E-state index contributed by atoms with van der Waals surface area (Å²) in [5.74, 6) is -0.328. The minimum absolute atomic E-state index is 0.00909. The van der Waals surface area contributed by atoms with E-state index in [0.717, 1.165) is 12.1 Å². The lowest BCUT2D eigenvalue weighted by Crippen LogP contribution is -2.33. The van der Waals surface area contributed by atoms with Gasteiger partial charge in [-0.3, -0.25) is 9.59 Å². The van der Waals surface area contributed by atoms with E-state index >= 15 is 0 Å². The molecule has 0 aromatic heterocycles. The summed E-state index contributed by atoms with van der Waals surface area (Å²) < 4.78 is 43.0. The van der Waals surface area contributed by atoms with E-state index in [0.29, 0.717) is 38.2 Å². The van der Waals surface area contributed by atoms with Crippen LogP contribution in [0.3, 0.4) is 0 Å². The Kier molecular flexibility index (Phi) is 6.41. The first-order valence-electron chi connectivity index (χ1n) is 7.99. The van der Waals surface area contributed by atoms with Crippen molar-refractivity contribution in [2.75, 3.05) is 33.4 Å². The fourth-order valence-corrected chi connectivity index (χ4v) is 2.77. The quantitative estimate of drug-likeness (QED) is 0.809. The number of rotatable bonds is 7. The van der Waals surface area contributed by atoms with Crippen LogP contribution in [0.2, 0.25) is 0 Å². The minimum atomic E-state index is -4.43. The van der Waals surface area contributed by atoms with Crippen LogP contribution < -0.4 is 5.32 Å². The molecule has 0 unspecified atom stereocenters. The van der Waals surface area contributed by atoms with E-state index in [4.69, 9.17) is 4.74 Å². The van der Waals surface area contributed by atoms with Gasteiger partial charge in [-0.05, 0) is 11.6 Å². The monoisotopic (exact) mass is 358 g/mol. The van der Waals surface area contributed by atoms with E-state index in [1.54, 1.807) is 12.0 Å². The highest BCUT2D eigenvalue weighted by molar-refractivity contribution is 5.80. The van der Waals surface area contributed by atoms with E-state index in [-0.39, 0.29) is 24.2 Å². The molecule has 1 atom stereocenters. The summed E-state index contributed by atoms with van der Waals surface area (Å²) in [6.45, 7) is 1.85. The maximum atomic E-state index is 12.7. The molecule has 2 amide bonds. The molecule has 0 aliphatic carbocycles. The van der Waals surface area contributed by atoms with Crippen molar-refractivity contribution in [1.29, 1.82) is 0 Å². The van der Waals surface area contributed by atoms with E-state index in [1.165, 1.54) is 12.1 Å². The van der Waals surface area contributed by atoms with Crippen LogP contribution in [0.1, 0.15) is 17.5 Å². The Morgan fingerprint density at radius 3 is 2.84 bits per heavy atom. The lowest BCUT2D eigenvalue weighted by molar-refractivity contribution is -0.137. The topological polar surface area (TPSA) is 58.6 Å². The number of hydrogen-bond acceptors (Lipinski definition) is 3. The molecule has 1 aromatic rings. The standard InChI is InChI=1S/C17H21F3N2O3/c1-25-6-5-22-11-13(9-16(22)24)10-21-15(23)8-12-3-2-4-14(7-12)17(18,19)20/h2-4,7,13H,5-6,8-11H2,1H3,(H,21,23)/t13-/m0/s1. The molecule has 1 heterocycles. The third-order valence-electron chi connectivity index (χ3n) is 4.07. The highest BCUT2D eigenvalue weighted by Gasteiger charge is 2.31. The molecule has 25 heavy (non-hydrogen) atoms. The van der Waals surface area contributed by atoms with Crippen LogP contribution in [-0.2, 0) is 26.9 Å². The van der Waals surface area contributed by atoms with Crippen LogP contribution in [0.5, 0.6) is 0 Å². The lowest BCUT2D eigenvalue weighted by atomic mass is 10.1. The van der Waals surface area contributed by atoms with Gasteiger partial charge in [-0.2, -0.15) is 13.2 Å². The molecular weight excluding hydrogens is 337 g/mol. The number of carbonyl (C=O) groups excluding carboxylic acids is 2. The highest BCUT2D eigenvalue weighted by Crippen LogP contribution is 2.29. The fourth-order valence-electron chi connectivity index (χ4n) is 2.77. The summed E-state index contributed by atoms with van der Waals surface area (Å²) in [6, 6.07) is 4.72. The number of methoxy groups -OCH3 is 1. The van der Waals surface area contributed by atoms with Crippen molar-refractivity contribution in [3.05, 3.63) is 35.4 Å². The Hall–Kier alpha value is -2.09. The van der Waals surface area contributed by atoms with Gasteiger partial charge < -0.3 is 15.0 Å². The second-order valence-corrected chi connectivity index (χ2v) is 6.08. The number of halogens is 3. The molecule has 138 valence electrons. The van der Waals surface area contributed by atoms with Gasteiger partial charge in [-0.15, -0.1) is 0 Å². The summed E-state index contributed by atoms with van der Waals surface area (Å²) in [4.78, 5) is 25.5. The van der Waals surface area contributed by atoms with Crippen molar-refractivity contribution < 1.29 is 27.5 Å². The number of benzene rings is 1. The van der Waals surface area contributed by atoms with Crippen molar-refractivity contribution in [1.82, 2.24) is 10.2 Å². The van der Waals surface area contributed by atoms with E-state index in [9.17, 15) is 22.8 Å². The summed E-state index contributed by atoms with van der Waals surface area (Å²) in [5, 5.41) is 2.70. The molecule has 0 saturated carbocycles. The molecule has 1 aromatic carbocycles. The first-order chi connectivity index (χ1) is 11.8. The maximum Gasteiger partial charge on any atom is 0.416 e. The summed E-state index contributed by atoms with van der Waals surface area (Å²) >= 11 is 0. The number of hydrogen-bond donors (Lipinski definition) is 1. The first kappa shape index (κ1) is 19.2. The van der Waals surface area contributed by atoms with Gasteiger partial charge in [0, 0.05) is 39.1 Å². The first-order valence-corrected chi connectivity index (χ1v) is 7.99. The van der Waals surface area contributed by atoms with Gasteiger partial charge in [-0.1, -0.05) is 18.2 Å². The van der Waals surface area contributed by atoms with Gasteiger partial charge in [0.2, 0.25) is 11.8 Å². The fraction of sp³-hybridized carbons (Fsp3) is 0.529. The number of nitrogens with one attached hydrogen (secondary N) is 1. The Labute approximate surface area is 144 Å². The normalized spacial score (nSPS) is 17.8. The molecule has 1 fully saturated rings. The number of ether oxygens (including phenoxy) is 1. The van der Waals surface area contributed by atoms with Crippen LogP contribution in [-0.4, -0.2) is 50.1 Å². The smallest absolute Gasteiger partial charge is 0.383 e. The van der Waals surface area contributed by atoms with Crippen molar-refractivity contribution in [3.63, 3.8) is 0 Å². The summed E-state index contributed by atoms with van der Waals surface area (Å²) in [7, 11) is 1.56. The van der Waals surface area contributed by atoms with Crippen LogP contribution in [0.4, 0.5) is 13.2 Å². The molecule has 0 radical (unpaired) electrons. The van der Waals surface area contributed by atoms with E-state index in [1.807, 2.05) is 0 Å². The highest BCUT2D eigenvalue weighted by atomic mass is 19.4. The molecule has 8 heteroatoms. The number of amides is 2. The van der Waals surface area contributed by atoms with Crippen molar-refractivity contribution in [2.45, 2.75) is 19.0 Å². The number of nitrogens with zero attached hydrogens (tertiary/aromatic N) is 1. The molecule has 1 saturated heterocycles. The van der Waals surface area contributed by atoms with Crippen LogP contribution in [0.25, 0.3) is 0 Å². The zero-order chi connectivity index (χ0) is 18.4. The van der Waals surface area contributed by atoms with Crippen molar-refractivity contribution in [3.8, 4) is 0 Å². The van der Waals surface area contributed by atoms with E-state index in [2.05, 4.69) is 5.32 Å². The predicted molar refractivity (Wildman–Crippen MR) is 84.7 cm³/mol. The molecule has 0 bridgehead atoms. The minimum Gasteiger partial charge on any atom is -0.383 e. The van der Waals surface area contributed by atoms with Gasteiger partial charge >= 0.3 is 6.18 Å². The molecular formula is C17H21F3N2O3. The largest absolute Gasteiger partial charge is 0.416 e. The second kappa shape index (κ2) is 8.33. The average molecular weight is 358 g/mol. The predicted octanol–water partition coefficient (Wildman–Crippen LogP) is 1.86. The van der Waals surface area contributed by atoms with Crippen molar-refractivity contribution >= 4 is 11.8 Å². The SMILES string of the molecule is COCCN1C[C@H](CNC(=O)Cc2cccc(C(F)(F)F)c2)CC1=O. The Balaban J connectivity index is 1.81. The average Bonchev–Trinajstić information content (AvgIpc) is 2.90. The number of carbonyl (C=O) groups is 2. The Morgan fingerprint density at radius 1 is 1.40 bits per heavy atom. The molecule has 0 spiro atoms. The van der Waals surface area contributed by atoms with E-state index < -0.39 is 11.7 Å². The summed E-state index contributed by atoms with van der Waals surface area (Å²) in [6.07, 6.45) is -4.20. The van der Waals surface area contributed by atoms with Gasteiger partial charge in [0.15, 0.2) is 0 Å².